The van der Waals surface area contributed by atoms with E-state index in [-0.39, 0.29) is 29.0 Å². The Morgan fingerprint density at radius 1 is 1.07 bits per heavy atom. The van der Waals surface area contributed by atoms with Crippen molar-refractivity contribution in [1.29, 1.82) is 0 Å². The van der Waals surface area contributed by atoms with E-state index >= 15 is 0 Å². The van der Waals surface area contributed by atoms with Crippen molar-refractivity contribution in [3.8, 4) is 11.5 Å². The molecule has 3 heterocycles. The summed E-state index contributed by atoms with van der Waals surface area (Å²) in [6, 6.07) is 3.16. The second kappa shape index (κ2) is 8.79. The number of rotatable bonds is 4. The molecule has 0 amide bonds. The van der Waals surface area contributed by atoms with Crippen molar-refractivity contribution in [3.63, 3.8) is 0 Å². The van der Waals surface area contributed by atoms with Crippen molar-refractivity contribution in [2.45, 2.75) is 20.0 Å². The first-order valence-corrected chi connectivity index (χ1v) is 7.93. The molecule has 3 aromatic heterocycles. The van der Waals surface area contributed by atoms with Gasteiger partial charge in [-0.15, -0.1) is 0 Å². The smallest absolute Gasteiger partial charge is 0.422 e. The molecule has 0 aliphatic rings. The Hall–Kier alpha value is -3.70. The number of halogens is 3. The number of hydrogen-bond donors (Lipinski definition) is 3. The van der Waals surface area contributed by atoms with Crippen molar-refractivity contribution in [3.05, 3.63) is 48.3 Å². The fourth-order valence-electron chi connectivity index (χ4n) is 1.85. The summed E-state index contributed by atoms with van der Waals surface area (Å²) in [7, 11) is 0. The monoisotopic (exact) mass is 395 g/mol. The van der Waals surface area contributed by atoms with Crippen LogP contribution in [0.4, 0.5) is 24.9 Å². The van der Waals surface area contributed by atoms with Crippen LogP contribution < -0.4 is 11.1 Å². The molecule has 0 saturated carbocycles. The van der Waals surface area contributed by atoms with E-state index in [9.17, 15) is 13.2 Å². The van der Waals surface area contributed by atoms with Gasteiger partial charge in [-0.25, -0.2) is 15.0 Å². The van der Waals surface area contributed by atoms with Gasteiger partial charge < -0.3 is 20.7 Å². The molecule has 28 heavy (non-hydrogen) atoms. The van der Waals surface area contributed by atoms with Crippen LogP contribution in [0.3, 0.4) is 0 Å². The van der Waals surface area contributed by atoms with Crippen molar-refractivity contribution >= 4 is 17.5 Å². The molecular formula is C16H16F3N7O2. The highest BCUT2D eigenvalue weighted by molar-refractivity contribution is 5.95. The van der Waals surface area contributed by atoms with E-state index in [0.717, 1.165) is 6.20 Å². The molecule has 9 nitrogen and oxygen atoms in total. The maximum Gasteiger partial charge on any atom is 0.434 e. The molecule has 0 fully saturated rings. The van der Waals surface area contributed by atoms with Gasteiger partial charge in [0.05, 0.1) is 30.5 Å². The van der Waals surface area contributed by atoms with Gasteiger partial charge >= 0.3 is 6.18 Å². The molecule has 12 heteroatoms. The predicted molar refractivity (Wildman–Crippen MR) is 93.9 cm³/mol. The van der Waals surface area contributed by atoms with E-state index in [4.69, 9.17) is 15.4 Å². The van der Waals surface area contributed by atoms with Crippen LogP contribution in [0.15, 0.2) is 46.5 Å². The minimum Gasteiger partial charge on any atom is -0.422 e. The summed E-state index contributed by atoms with van der Waals surface area (Å²) in [4.78, 5) is 14.9. The lowest BCUT2D eigenvalue weighted by Gasteiger charge is -2.04. The van der Waals surface area contributed by atoms with Crippen LogP contribution in [0.1, 0.15) is 25.2 Å². The molecule has 0 spiro atoms. The molecular weight excluding hydrogens is 379 g/mol. The van der Waals surface area contributed by atoms with Crippen molar-refractivity contribution < 1.29 is 22.8 Å². The quantitative estimate of drug-likeness (QED) is 0.265. The molecule has 0 aliphatic heterocycles. The molecule has 4 N–H and O–H groups in total. The lowest BCUT2D eigenvalue weighted by molar-refractivity contribution is -0.141. The first kappa shape index (κ1) is 20.6. The Bertz CT molecular complexity index is 923. The average molecular weight is 395 g/mol. The zero-order valence-electron chi connectivity index (χ0n) is 14.8. The first-order chi connectivity index (χ1) is 13.4. The van der Waals surface area contributed by atoms with Crippen LogP contribution in [-0.4, -0.2) is 31.0 Å². The van der Waals surface area contributed by atoms with Gasteiger partial charge in [0.15, 0.2) is 17.3 Å². The highest BCUT2D eigenvalue weighted by Crippen LogP contribution is 2.28. The number of alkyl halides is 3. The van der Waals surface area contributed by atoms with Crippen LogP contribution in [0.2, 0.25) is 0 Å². The van der Waals surface area contributed by atoms with E-state index in [0.29, 0.717) is 11.9 Å². The molecule has 3 rings (SSSR count). The van der Waals surface area contributed by atoms with Crippen molar-refractivity contribution in [2.75, 3.05) is 5.32 Å². The lowest BCUT2D eigenvalue weighted by atomic mass is 10.3. The summed E-state index contributed by atoms with van der Waals surface area (Å²) < 4.78 is 42.8. The van der Waals surface area contributed by atoms with Gasteiger partial charge in [-0.05, 0) is 12.1 Å². The molecule has 3 aromatic rings. The van der Waals surface area contributed by atoms with Crippen LogP contribution in [0, 0.1) is 0 Å². The number of hydrogen-bond acceptors (Lipinski definition) is 8. The number of oxazole rings is 1. The van der Waals surface area contributed by atoms with Gasteiger partial charge in [-0.2, -0.15) is 13.2 Å². The molecule has 0 saturated heterocycles. The van der Waals surface area contributed by atoms with Crippen molar-refractivity contribution in [1.82, 2.24) is 19.9 Å². The number of amidine groups is 1. The minimum absolute atomic E-state index is 0.0695. The number of anilines is 2. The van der Waals surface area contributed by atoms with Gasteiger partial charge in [-0.1, -0.05) is 19.0 Å². The highest BCUT2D eigenvalue weighted by Gasteiger charge is 2.32. The summed E-state index contributed by atoms with van der Waals surface area (Å²) >= 11 is 0. The second-order valence-electron chi connectivity index (χ2n) is 4.86. The van der Waals surface area contributed by atoms with E-state index in [1.807, 2.05) is 13.8 Å². The second-order valence-corrected chi connectivity index (χ2v) is 4.86. The van der Waals surface area contributed by atoms with Crippen molar-refractivity contribution in [2.24, 2.45) is 10.9 Å². The Labute approximate surface area is 157 Å². The van der Waals surface area contributed by atoms with Gasteiger partial charge in [0.2, 0.25) is 0 Å². The fraction of sp³-hybridized carbons (Fsp3) is 0.188. The minimum atomic E-state index is -4.57. The molecule has 0 radical (unpaired) electrons. The van der Waals surface area contributed by atoms with E-state index in [2.05, 4.69) is 30.4 Å². The Morgan fingerprint density at radius 2 is 1.82 bits per heavy atom. The summed E-state index contributed by atoms with van der Waals surface area (Å²) in [6.45, 7) is 4.00. The van der Waals surface area contributed by atoms with Gasteiger partial charge in [-0.3, -0.25) is 4.98 Å². The third-order valence-corrected chi connectivity index (χ3v) is 3.09. The number of nitrogens with two attached hydrogens (primary N) is 1. The molecule has 0 aromatic carbocycles. The number of oxime groups is 1. The third-order valence-electron chi connectivity index (χ3n) is 3.09. The Morgan fingerprint density at radius 3 is 2.36 bits per heavy atom. The first-order valence-electron chi connectivity index (χ1n) is 7.93. The number of aromatic nitrogens is 4. The molecule has 0 bridgehead atoms. The Kier molecular flexibility index (Phi) is 6.47. The number of nitrogens with zero attached hydrogens (tertiary/aromatic N) is 5. The SMILES string of the molecule is CC.N/C(=N/O)c1ccc(Nc2ncc(-c3cnc(C(F)(F)F)cn3)o2)cn1. The van der Waals surface area contributed by atoms with E-state index < -0.39 is 11.9 Å². The summed E-state index contributed by atoms with van der Waals surface area (Å²) in [5.41, 5.74) is 5.16. The zero-order valence-corrected chi connectivity index (χ0v) is 14.8. The van der Waals surface area contributed by atoms with Crippen LogP contribution in [0.25, 0.3) is 11.5 Å². The summed E-state index contributed by atoms with van der Waals surface area (Å²) in [6.07, 6.45) is -0.322. The average Bonchev–Trinajstić information content (AvgIpc) is 3.17. The molecule has 0 aliphatic carbocycles. The zero-order chi connectivity index (χ0) is 20.7. The van der Waals surface area contributed by atoms with E-state index in [1.54, 1.807) is 6.07 Å². The molecule has 148 valence electrons. The topological polar surface area (TPSA) is 135 Å². The largest absolute Gasteiger partial charge is 0.434 e. The van der Waals surface area contributed by atoms with Crippen LogP contribution in [0.5, 0.6) is 0 Å². The number of nitrogens with one attached hydrogen (secondary N) is 1. The maximum atomic E-state index is 12.5. The van der Waals surface area contributed by atoms with Crippen LogP contribution >= 0.6 is 0 Å². The highest BCUT2D eigenvalue weighted by atomic mass is 19.4. The van der Waals surface area contributed by atoms with Gasteiger partial charge in [0, 0.05) is 0 Å². The predicted octanol–water partition coefficient (Wildman–Crippen LogP) is 3.41. The summed E-state index contributed by atoms with van der Waals surface area (Å²) in [5.74, 6) is -0.00852. The van der Waals surface area contributed by atoms with Crippen LogP contribution in [-0.2, 0) is 6.18 Å². The lowest BCUT2D eigenvalue weighted by Crippen LogP contribution is -2.14. The normalized spacial score (nSPS) is 11.5. The number of pyridine rings is 1. The van der Waals surface area contributed by atoms with Gasteiger partial charge in [0.25, 0.3) is 6.01 Å². The maximum absolute atomic E-state index is 12.5. The third kappa shape index (κ3) is 4.93. The van der Waals surface area contributed by atoms with Gasteiger partial charge in [0.1, 0.15) is 11.4 Å². The molecule has 0 atom stereocenters. The summed E-state index contributed by atoms with van der Waals surface area (Å²) in [5, 5.41) is 14.2. The Balaban J connectivity index is 0.00000136. The molecule has 0 unspecified atom stereocenters. The standard InChI is InChI=1S/C14H10F3N7O2.C2H6/c15-14(16,17)11-6-20-9(4-21-11)10-5-22-13(26-10)23-7-1-2-8(19-3-7)12(18)24-25;1-2/h1-6,25H,(H2,18,24)(H,22,23);1-2H3. The fourth-order valence-corrected chi connectivity index (χ4v) is 1.85. The van der Waals surface area contributed by atoms with E-state index in [1.165, 1.54) is 18.5 Å².